The molecule has 2 aromatic rings. The maximum absolute atomic E-state index is 13.1. The third-order valence-corrected chi connectivity index (χ3v) is 2.94. The van der Waals surface area contributed by atoms with Crippen LogP contribution in [0, 0.1) is 12.7 Å². The molecule has 0 fully saturated rings. The predicted molar refractivity (Wildman–Crippen MR) is 70.1 cm³/mol. The standard InChI is InChI=1S/C14H15ClFNO/c1-9-3-4-14(18-9)10(2)17-8-11-5-12(15)7-13(16)6-11/h3-7,10,17H,8H2,1-2H3. The maximum Gasteiger partial charge on any atom is 0.125 e. The minimum atomic E-state index is -0.319. The van der Waals surface area contributed by atoms with Crippen LogP contribution in [0.4, 0.5) is 4.39 Å². The smallest absolute Gasteiger partial charge is 0.125 e. The Bertz CT molecular complexity index is 518. The molecule has 18 heavy (non-hydrogen) atoms. The summed E-state index contributed by atoms with van der Waals surface area (Å²) in [4.78, 5) is 0. The first-order valence-electron chi connectivity index (χ1n) is 5.79. The van der Waals surface area contributed by atoms with Gasteiger partial charge < -0.3 is 9.73 Å². The van der Waals surface area contributed by atoms with E-state index in [0.717, 1.165) is 17.1 Å². The van der Waals surface area contributed by atoms with Crippen LogP contribution < -0.4 is 5.32 Å². The van der Waals surface area contributed by atoms with Gasteiger partial charge in [-0.15, -0.1) is 0 Å². The molecule has 4 heteroatoms. The Morgan fingerprint density at radius 3 is 2.72 bits per heavy atom. The number of rotatable bonds is 4. The first-order valence-corrected chi connectivity index (χ1v) is 6.17. The van der Waals surface area contributed by atoms with E-state index in [1.54, 1.807) is 6.07 Å². The van der Waals surface area contributed by atoms with Gasteiger partial charge in [0.15, 0.2) is 0 Å². The van der Waals surface area contributed by atoms with Gasteiger partial charge in [-0.3, -0.25) is 0 Å². The molecule has 1 N–H and O–H groups in total. The number of halogens is 2. The molecule has 0 spiro atoms. The Hall–Kier alpha value is -1.32. The average molecular weight is 268 g/mol. The van der Waals surface area contributed by atoms with Crippen molar-refractivity contribution in [2.45, 2.75) is 26.4 Å². The summed E-state index contributed by atoms with van der Waals surface area (Å²) in [6.45, 7) is 4.44. The van der Waals surface area contributed by atoms with Crippen molar-refractivity contribution in [2.75, 3.05) is 0 Å². The summed E-state index contributed by atoms with van der Waals surface area (Å²) in [6.07, 6.45) is 0. The zero-order chi connectivity index (χ0) is 13.1. The average Bonchev–Trinajstić information content (AvgIpc) is 2.71. The van der Waals surface area contributed by atoms with E-state index >= 15 is 0 Å². The van der Waals surface area contributed by atoms with Gasteiger partial charge in [0.25, 0.3) is 0 Å². The molecule has 96 valence electrons. The molecule has 2 rings (SSSR count). The molecule has 2 nitrogen and oxygen atoms in total. The van der Waals surface area contributed by atoms with E-state index in [2.05, 4.69) is 5.32 Å². The predicted octanol–water partition coefficient (Wildman–Crippen LogP) is 4.23. The lowest BCUT2D eigenvalue weighted by Gasteiger charge is -2.11. The van der Waals surface area contributed by atoms with Crippen molar-refractivity contribution in [3.63, 3.8) is 0 Å². The molecular formula is C14H15ClFNO. The number of benzene rings is 1. The molecule has 1 aromatic heterocycles. The summed E-state index contributed by atoms with van der Waals surface area (Å²) in [5, 5.41) is 3.67. The fourth-order valence-electron chi connectivity index (χ4n) is 1.77. The Balaban J connectivity index is 1.99. The lowest BCUT2D eigenvalue weighted by Crippen LogP contribution is -2.17. The van der Waals surface area contributed by atoms with Crippen LogP contribution in [-0.2, 0) is 6.54 Å². The molecule has 0 saturated carbocycles. The van der Waals surface area contributed by atoms with Crippen LogP contribution in [0.1, 0.15) is 30.0 Å². The minimum absolute atomic E-state index is 0.0701. The van der Waals surface area contributed by atoms with E-state index in [-0.39, 0.29) is 11.9 Å². The molecule has 0 aliphatic heterocycles. The molecule has 1 unspecified atom stereocenters. The van der Waals surface area contributed by atoms with Crippen LogP contribution >= 0.6 is 11.6 Å². The van der Waals surface area contributed by atoms with Crippen molar-refractivity contribution < 1.29 is 8.81 Å². The lowest BCUT2D eigenvalue weighted by molar-refractivity contribution is 0.415. The normalized spacial score (nSPS) is 12.7. The van der Waals surface area contributed by atoms with Crippen LogP contribution in [0.2, 0.25) is 5.02 Å². The number of aryl methyl sites for hydroxylation is 1. The summed E-state index contributed by atoms with van der Waals surface area (Å²) in [6, 6.07) is 8.44. The summed E-state index contributed by atoms with van der Waals surface area (Å²) in [5.74, 6) is 1.43. The molecule has 0 amide bonds. The largest absolute Gasteiger partial charge is 0.465 e. The van der Waals surface area contributed by atoms with E-state index in [9.17, 15) is 4.39 Å². The molecule has 1 heterocycles. The van der Waals surface area contributed by atoms with Crippen molar-refractivity contribution in [3.05, 3.63) is 58.3 Å². The van der Waals surface area contributed by atoms with Crippen molar-refractivity contribution in [2.24, 2.45) is 0 Å². The van der Waals surface area contributed by atoms with Crippen LogP contribution in [-0.4, -0.2) is 0 Å². The van der Waals surface area contributed by atoms with Crippen molar-refractivity contribution in [3.8, 4) is 0 Å². The van der Waals surface area contributed by atoms with Gasteiger partial charge in [0.1, 0.15) is 17.3 Å². The monoisotopic (exact) mass is 267 g/mol. The molecule has 0 saturated heterocycles. The zero-order valence-corrected chi connectivity index (χ0v) is 11.1. The van der Waals surface area contributed by atoms with Gasteiger partial charge in [0.2, 0.25) is 0 Å². The fraction of sp³-hybridized carbons (Fsp3) is 0.286. The van der Waals surface area contributed by atoms with Gasteiger partial charge in [-0.1, -0.05) is 11.6 Å². The molecule has 0 aliphatic carbocycles. The second kappa shape index (κ2) is 5.55. The summed E-state index contributed by atoms with van der Waals surface area (Å²) in [7, 11) is 0. The Morgan fingerprint density at radius 1 is 1.33 bits per heavy atom. The van der Waals surface area contributed by atoms with E-state index in [0.29, 0.717) is 11.6 Å². The van der Waals surface area contributed by atoms with Gasteiger partial charge in [0, 0.05) is 11.6 Å². The van der Waals surface area contributed by atoms with E-state index < -0.39 is 0 Å². The van der Waals surface area contributed by atoms with Crippen molar-refractivity contribution >= 4 is 11.6 Å². The number of hydrogen-bond acceptors (Lipinski definition) is 2. The van der Waals surface area contributed by atoms with Gasteiger partial charge in [-0.05, 0) is 49.7 Å². The number of nitrogens with one attached hydrogen (secondary N) is 1. The lowest BCUT2D eigenvalue weighted by atomic mass is 10.2. The Morgan fingerprint density at radius 2 is 2.11 bits per heavy atom. The molecular weight excluding hydrogens is 253 g/mol. The SMILES string of the molecule is Cc1ccc(C(C)NCc2cc(F)cc(Cl)c2)o1. The number of furan rings is 1. The molecule has 0 aliphatic rings. The van der Waals surface area contributed by atoms with Crippen molar-refractivity contribution in [1.82, 2.24) is 5.32 Å². The zero-order valence-electron chi connectivity index (χ0n) is 10.3. The third kappa shape index (κ3) is 3.34. The van der Waals surface area contributed by atoms with E-state index in [1.165, 1.54) is 12.1 Å². The minimum Gasteiger partial charge on any atom is -0.465 e. The fourth-order valence-corrected chi connectivity index (χ4v) is 2.02. The second-order valence-electron chi connectivity index (χ2n) is 4.33. The number of hydrogen-bond donors (Lipinski definition) is 1. The molecule has 1 aromatic carbocycles. The molecule has 0 bridgehead atoms. The first kappa shape index (κ1) is 13.1. The van der Waals surface area contributed by atoms with Gasteiger partial charge in [0.05, 0.1) is 6.04 Å². The highest BCUT2D eigenvalue weighted by Crippen LogP contribution is 2.18. The quantitative estimate of drug-likeness (QED) is 0.897. The maximum atomic E-state index is 13.1. The summed E-state index contributed by atoms with van der Waals surface area (Å²) in [5.41, 5.74) is 0.815. The molecule has 0 radical (unpaired) electrons. The highest BCUT2D eigenvalue weighted by molar-refractivity contribution is 6.30. The van der Waals surface area contributed by atoms with E-state index in [1.807, 2.05) is 26.0 Å². The van der Waals surface area contributed by atoms with Gasteiger partial charge in [-0.2, -0.15) is 0 Å². The van der Waals surface area contributed by atoms with E-state index in [4.69, 9.17) is 16.0 Å². The van der Waals surface area contributed by atoms with Gasteiger partial charge >= 0.3 is 0 Å². The highest BCUT2D eigenvalue weighted by Gasteiger charge is 2.09. The van der Waals surface area contributed by atoms with Crippen LogP contribution in [0.5, 0.6) is 0 Å². The highest BCUT2D eigenvalue weighted by atomic mass is 35.5. The molecule has 1 atom stereocenters. The Kier molecular flexibility index (Phi) is 4.04. The second-order valence-corrected chi connectivity index (χ2v) is 4.77. The topological polar surface area (TPSA) is 25.2 Å². The Labute approximate surface area is 111 Å². The summed E-state index contributed by atoms with van der Waals surface area (Å²) < 4.78 is 18.7. The van der Waals surface area contributed by atoms with Crippen LogP contribution in [0.25, 0.3) is 0 Å². The first-order chi connectivity index (χ1) is 8.54. The summed E-state index contributed by atoms with van der Waals surface area (Å²) >= 11 is 5.80. The van der Waals surface area contributed by atoms with Crippen LogP contribution in [0.3, 0.4) is 0 Å². The van der Waals surface area contributed by atoms with Crippen molar-refractivity contribution in [1.29, 1.82) is 0 Å². The third-order valence-electron chi connectivity index (χ3n) is 2.72. The van der Waals surface area contributed by atoms with Crippen LogP contribution in [0.15, 0.2) is 34.7 Å². The van der Waals surface area contributed by atoms with Gasteiger partial charge in [-0.25, -0.2) is 4.39 Å².